The molecule has 19 heavy (non-hydrogen) atoms. The number of hydrogen-bond acceptors (Lipinski definition) is 4. The van der Waals surface area contributed by atoms with Crippen LogP contribution in [0, 0.1) is 6.92 Å². The molecule has 0 aliphatic carbocycles. The Morgan fingerprint density at radius 3 is 2.79 bits per heavy atom. The molecule has 3 nitrogen and oxygen atoms in total. The van der Waals surface area contributed by atoms with E-state index < -0.39 is 12.6 Å². The highest BCUT2D eigenvalue weighted by atomic mass is 32.2. The third kappa shape index (κ3) is 4.05. The number of aryl methyl sites for hydroxylation is 1. The summed E-state index contributed by atoms with van der Waals surface area (Å²) >= 11 is 1.24. The fourth-order valence-electron chi connectivity index (χ4n) is 1.61. The minimum absolute atomic E-state index is 0.0711. The highest BCUT2D eigenvalue weighted by Gasteiger charge is 2.25. The van der Waals surface area contributed by atoms with Gasteiger partial charge < -0.3 is 0 Å². The highest BCUT2D eigenvalue weighted by Crippen LogP contribution is 2.25. The van der Waals surface area contributed by atoms with Crippen LogP contribution in [0.5, 0.6) is 0 Å². The van der Waals surface area contributed by atoms with E-state index >= 15 is 0 Å². The largest absolute Gasteiger partial charge is 0.389 e. The van der Waals surface area contributed by atoms with Crippen molar-refractivity contribution in [2.75, 3.05) is 5.75 Å². The van der Waals surface area contributed by atoms with Crippen LogP contribution >= 0.6 is 11.8 Å². The summed E-state index contributed by atoms with van der Waals surface area (Å²) in [4.78, 5) is 12.5. The SMILES string of the molecule is Cc1nc(SCCCC(F)(F)F)nc2cnccc12. The Hall–Kier alpha value is -1.37. The number of halogens is 3. The fraction of sp³-hybridized carbons (Fsp3) is 0.417. The van der Waals surface area contributed by atoms with Gasteiger partial charge in [-0.25, -0.2) is 9.97 Å². The van der Waals surface area contributed by atoms with E-state index in [1.807, 2.05) is 13.0 Å². The first-order valence-electron chi connectivity index (χ1n) is 5.73. The number of thioether (sulfide) groups is 1. The summed E-state index contributed by atoms with van der Waals surface area (Å²) in [7, 11) is 0. The molecule has 0 radical (unpaired) electrons. The Labute approximate surface area is 112 Å². The van der Waals surface area contributed by atoms with Crippen LogP contribution in [-0.4, -0.2) is 26.9 Å². The van der Waals surface area contributed by atoms with Crippen LogP contribution in [0.25, 0.3) is 10.9 Å². The second-order valence-electron chi connectivity index (χ2n) is 4.05. The zero-order valence-corrected chi connectivity index (χ0v) is 11.1. The molecular formula is C12H12F3N3S. The number of nitrogens with zero attached hydrogens (tertiary/aromatic N) is 3. The van der Waals surface area contributed by atoms with Crippen molar-refractivity contribution < 1.29 is 13.2 Å². The van der Waals surface area contributed by atoms with Crippen molar-refractivity contribution in [1.29, 1.82) is 0 Å². The maximum atomic E-state index is 12.0. The molecule has 0 N–H and O–H groups in total. The van der Waals surface area contributed by atoms with E-state index in [2.05, 4.69) is 15.0 Å². The molecule has 2 heterocycles. The van der Waals surface area contributed by atoms with Gasteiger partial charge in [-0.2, -0.15) is 13.2 Å². The number of hydrogen-bond donors (Lipinski definition) is 0. The molecule has 0 aromatic carbocycles. The lowest BCUT2D eigenvalue weighted by Gasteiger charge is -2.06. The molecule has 0 amide bonds. The van der Waals surface area contributed by atoms with Crippen LogP contribution < -0.4 is 0 Å². The van der Waals surface area contributed by atoms with Crippen molar-refractivity contribution in [3.05, 3.63) is 24.2 Å². The van der Waals surface area contributed by atoms with Crippen LogP contribution in [0.15, 0.2) is 23.6 Å². The van der Waals surface area contributed by atoms with Gasteiger partial charge in [-0.1, -0.05) is 11.8 Å². The van der Waals surface area contributed by atoms with E-state index in [9.17, 15) is 13.2 Å². The summed E-state index contributed by atoms with van der Waals surface area (Å²) in [5.41, 5.74) is 1.53. The molecular weight excluding hydrogens is 275 g/mol. The lowest BCUT2D eigenvalue weighted by atomic mass is 10.2. The number of rotatable bonds is 4. The van der Waals surface area contributed by atoms with Gasteiger partial charge in [0.1, 0.15) is 0 Å². The number of fused-ring (bicyclic) bond motifs is 1. The minimum atomic E-state index is -4.09. The number of pyridine rings is 1. The monoisotopic (exact) mass is 287 g/mol. The van der Waals surface area contributed by atoms with Gasteiger partial charge in [-0.05, 0) is 19.4 Å². The van der Waals surface area contributed by atoms with Crippen molar-refractivity contribution in [3.63, 3.8) is 0 Å². The van der Waals surface area contributed by atoms with Gasteiger partial charge in [0, 0.05) is 29.5 Å². The molecule has 102 valence electrons. The molecule has 2 aromatic heterocycles. The van der Waals surface area contributed by atoms with Crippen LogP contribution in [0.4, 0.5) is 13.2 Å². The molecule has 0 aliphatic heterocycles. The van der Waals surface area contributed by atoms with Gasteiger partial charge in [-0.3, -0.25) is 4.98 Å². The average molecular weight is 287 g/mol. The van der Waals surface area contributed by atoms with Crippen LogP contribution in [0.3, 0.4) is 0 Å². The zero-order valence-electron chi connectivity index (χ0n) is 10.2. The molecule has 2 rings (SSSR count). The van der Waals surface area contributed by atoms with E-state index in [-0.39, 0.29) is 6.42 Å². The first kappa shape index (κ1) is 14.0. The van der Waals surface area contributed by atoms with Gasteiger partial charge in [0.05, 0.1) is 11.7 Å². The zero-order chi connectivity index (χ0) is 13.9. The van der Waals surface area contributed by atoms with Crippen molar-refractivity contribution in [1.82, 2.24) is 15.0 Å². The molecule has 0 bridgehead atoms. The number of alkyl halides is 3. The van der Waals surface area contributed by atoms with Crippen molar-refractivity contribution in [3.8, 4) is 0 Å². The van der Waals surface area contributed by atoms with E-state index in [1.165, 1.54) is 11.8 Å². The summed E-state index contributed by atoms with van der Waals surface area (Å²) in [6.07, 6.45) is -1.50. The Morgan fingerprint density at radius 1 is 1.26 bits per heavy atom. The van der Waals surface area contributed by atoms with Gasteiger partial charge >= 0.3 is 6.18 Å². The Morgan fingerprint density at radius 2 is 2.05 bits per heavy atom. The summed E-state index contributed by atoms with van der Waals surface area (Å²) in [6.45, 7) is 1.85. The van der Waals surface area contributed by atoms with Gasteiger partial charge in [0.25, 0.3) is 0 Å². The second kappa shape index (κ2) is 5.73. The predicted octanol–water partition coefficient (Wildman–Crippen LogP) is 3.77. The summed E-state index contributed by atoms with van der Waals surface area (Å²) in [6, 6.07) is 1.82. The highest BCUT2D eigenvalue weighted by molar-refractivity contribution is 7.99. The Balaban J connectivity index is 2.01. The summed E-state index contributed by atoms with van der Waals surface area (Å²) in [5.74, 6) is 0.352. The van der Waals surface area contributed by atoms with E-state index in [1.54, 1.807) is 12.4 Å². The third-order valence-electron chi connectivity index (χ3n) is 2.51. The van der Waals surface area contributed by atoms with Crippen LogP contribution in [0.2, 0.25) is 0 Å². The topological polar surface area (TPSA) is 38.7 Å². The van der Waals surface area contributed by atoms with Crippen molar-refractivity contribution in [2.24, 2.45) is 0 Å². The third-order valence-corrected chi connectivity index (χ3v) is 3.44. The van der Waals surface area contributed by atoms with Crippen LogP contribution in [0.1, 0.15) is 18.5 Å². The molecule has 0 saturated heterocycles. The van der Waals surface area contributed by atoms with Gasteiger partial charge in [0.15, 0.2) is 5.16 Å². The summed E-state index contributed by atoms with van der Waals surface area (Å²) in [5, 5.41) is 1.41. The minimum Gasteiger partial charge on any atom is -0.262 e. The summed E-state index contributed by atoms with van der Waals surface area (Å²) < 4.78 is 36.0. The smallest absolute Gasteiger partial charge is 0.262 e. The second-order valence-corrected chi connectivity index (χ2v) is 5.11. The van der Waals surface area contributed by atoms with E-state index in [0.29, 0.717) is 16.4 Å². The maximum Gasteiger partial charge on any atom is 0.389 e. The molecule has 0 saturated carbocycles. The molecule has 0 aliphatic rings. The van der Waals surface area contributed by atoms with Crippen molar-refractivity contribution >= 4 is 22.7 Å². The molecule has 2 aromatic rings. The van der Waals surface area contributed by atoms with Crippen LogP contribution in [-0.2, 0) is 0 Å². The standard InChI is InChI=1S/C12H12F3N3S/c1-8-9-3-5-16-7-10(9)18-11(17-8)19-6-2-4-12(13,14)15/h3,5,7H,2,4,6H2,1H3. The van der Waals surface area contributed by atoms with E-state index in [0.717, 1.165) is 11.1 Å². The molecule has 7 heteroatoms. The van der Waals surface area contributed by atoms with Gasteiger partial charge in [0.2, 0.25) is 0 Å². The lowest BCUT2D eigenvalue weighted by molar-refractivity contribution is -0.134. The van der Waals surface area contributed by atoms with Crippen molar-refractivity contribution in [2.45, 2.75) is 31.1 Å². The molecule has 0 atom stereocenters. The van der Waals surface area contributed by atoms with E-state index in [4.69, 9.17) is 0 Å². The average Bonchev–Trinajstić information content (AvgIpc) is 2.34. The number of aromatic nitrogens is 3. The predicted molar refractivity (Wildman–Crippen MR) is 68.1 cm³/mol. The fourth-order valence-corrected chi connectivity index (χ4v) is 2.45. The Kier molecular flexibility index (Phi) is 4.24. The maximum absolute atomic E-state index is 12.0. The normalized spacial score (nSPS) is 12.0. The molecule has 0 unspecified atom stereocenters. The first-order chi connectivity index (χ1) is 8.96. The lowest BCUT2D eigenvalue weighted by Crippen LogP contribution is -2.07. The quantitative estimate of drug-likeness (QED) is 0.487. The first-order valence-corrected chi connectivity index (χ1v) is 6.72. The van der Waals surface area contributed by atoms with Gasteiger partial charge in [-0.15, -0.1) is 0 Å². The molecule has 0 fully saturated rings. The Bertz CT molecular complexity index is 572. The molecule has 0 spiro atoms.